The van der Waals surface area contributed by atoms with Gasteiger partial charge in [-0.05, 0) is 36.6 Å². The van der Waals surface area contributed by atoms with Crippen molar-refractivity contribution in [2.75, 3.05) is 69.9 Å². The molecule has 0 amide bonds. The maximum atomic E-state index is 15.7. The lowest BCUT2D eigenvalue weighted by atomic mass is 10.0. The average molecular weight is 659 g/mol. The number of carboxylic acids is 1. The third-order valence-corrected chi connectivity index (χ3v) is 8.70. The Labute approximate surface area is 274 Å². The summed E-state index contributed by atoms with van der Waals surface area (Å²) in [6.45, 7) is 2.87. The number of anilines is 3. The molecule has 4 aromatic rings. The summed E-state index contributed by atoms with van der Waals surface area (Å²) in [6, 6.07) is 6.82. The molecule has 14 nitrogen and oxygen atoms in total. The summed E-state index contributed by atoms with van der Waals surface area (Å²) in [4.78, 5) is 36.7. The molecule has 0 spiro atoms. The smallest absolute Gasteiger partial charge is 0.341 e. The molecule has 0 atom stereocenters. The van der Waals surface area contributed by atoms with E-state index in [9.17, 15) is 20.0 Å². The number of ether oxygens (including phenoxy) is 3. The van der Waals surface area contributed by atoms with Crippen LogP contribution in [-0.4, -0.2) is 84.1 Å². The van der Waals surface area contributed by atoms with Crippen LogP contribution < -0.4 is 36.0 Å². The van der Waals surface area contributed by atoms with E-state index in [0.717, 1.165) is 24.5 Å². The van der Waals surface area contributed by atoms with Crippen LogP contribution in [0.3, 0.4) is 0 Å². The van der Waals surface area contributed by atoms with Gasteiger partial charge in [-0.25, -0.2) is 14.2 Å². The van der Waals surface area contributed by atoms with Crippen molar-refractivity contribution < 1.29 is 28.5 Å². The van der Waals surface area contributed by atoms with E-state index in [2.05, 4.69) is 20.9 Å². The molecule has 250 valence electrons. The van der Waals surface area contributed by atoms with Crippen molar-refractivity contribution in [2.24, 2.45) is 0 Å². The van der Waals surface area contributed by atoms with Crippen molar-refractivity contribution in [1.29, 1.82) is 5.26 Å². The third-order valence-electron chi connectivity index (χ3n) is 8.70. The molecule has 6 rings (SSSR count). The first kappa shape index (κ1) is 32.3. The maximum Gasteiger partial charge on any atom is 0.341 e. The van der Waals surface area contributed by atoms with Crippen LogP contribution in [0, 0.1) is 17.1 Å². The van der Waals surface area contributed by atoms with Crippen LogP contribution >= 0.6 is 0 Å². The highest BCUT2D eigenvalue weighted by molar-refractivity contribution is 5.96. The molecule has 2 aromatic carbocycles. The van der Waals surface area contributed by atoms with Crippen LogP contribution in [0.1, 0.15) is 45.9 Å². The van der Waals surface area contributed by atoms with Gasteiger partial charge in [0.25, 0.3) is 0 Å². The van der Waals surface area contributed by atoms with Crippen LogP contribution in [-0.2, 0) is 6.42 Å². The minimum atomic E-state index is -1.39. The molecule has 5 N–H and O–H groups in total. The number of hydrogen-bond acceptors (Lipinski definition) is 12. The van der Waals surface area contributed by atoms with Crippen molar-refractivity contribution in [3.05, 3.63) is 68.9 Å². The Morgan fingerprint density at radius 2 is 1.81 bits per heavy atom. The van der Waals surface area contributed by atoms with E-state index in [1.165, 1.54) is 6.20 Å². The molecule has 2 aliphatic rings. The maximum absolute atomic E-state index is 15.7. The molecule has 1 aliphatic carbocycles. The van der Waals surface area contributed by atoms with Crippen LogP contribution in [0.5, 0.6) is 17.2 Å². The lowest BCUT2D eigenvalue weighted by molar-refractivity contribution is 0.0694. The Hall–Kier alpha value is -5.62. The molecule has 1 aliphatic heterocycles. The van der Waals surface area contributed by atoms with Crippen molar-refractivity contribution in [2.45, 2.75) is 25.3 Å². The number of nitrogens with two attached hydrogens (primary N) is 2. The van der Waals surface area contributed by atoms with Crippen molar-refractivity contribution in [3.8, 4) is 23.3 Å². The summed E-state index contributed by atoms with van der Waals surface area (Å²) in [5, 5.41) is 19.7. The number of carbonyl (C=O) groups is 1. The number of nitriles is 1. The normalized spacial score (nSPS) is 14.9. The molecule has 2 fully saturated rings. The predicted molar refractivity (Wildman–Crippen MR) is 175 cm³/mol. The molecular formula is C33H35FN8O6. The topological polar surface area (TPSA) is 195 Å². The number of rotatable bonds is 11. The Morgan fingerprint density at radius 3 is 2.40 bits per heavy atom. The highest BCUT2D eigenvalue weighted by atomic mass is 19.1. The number of fused-ring (bicyclic) bond motifs is 1. The number of halogens is 1. The molecule has 2 aromatic heterocycles. The van der Waals surface area contributed by atoms with Crippen molar-refractivity contribution in [1.82, 2.24) is 19.4 Å². The summed E-state index contributed by atoms with van der Waals surface area (Å²) in [5.74, 6) is -0.298. The van der Waals surface area contributed by atoms with E-state index in [-0.39, 0.29) is 34.1 Å². The number of nitrogen functional groups attached to an aromatic ring is 2. The zero-order chi connectivity index (χ0) is 34.1. The number of methoxy groups -OCH3 is 2. The molecule has 0 unspecified atom stereocenters. The summed E-state index contributed by atoms with van der Waals surface area (Å²) in [5.41, 5.74) is 12.4. The quantitative estimate of drug-likeness (QED) is 0.213. The van der Waals surface area contributed by atoms with Gasteiger partial charge >= 0.3 is 5.97 Å². The van der Waals surface area contributed by atoms with Gasteiger partial charge in [0.1, 0.15) is 35.4 Å². The lowest BCUT2D eigenvalue weighted by Crippen LogP contribution is -2.48. The minimum absolute atomic E-state index is 0.0389. The monoisotopic (exact) mass is 658 g/mol. The molecule has 48 heavy (non-hydrogen) atoms. The number of benzene rings is 2. The number of piperazine rings is 1. The number of pyridine rings is 1. The van der Waals surface area contributed by atoms with E-state index in [4.69, 9.17) is 25.7 Å². The summed E-state index contributed by atoms with van der Waals surface area (Å²) < 4.78 is 34.7. The van der Waals surface area contributed by atoms with E-state index in [1.807, 2.05) is 12.1 Å². The second-order valence-electron chi connectivity index (χ2n) is 11.7. The van der Waals surface area contributed by atoms with Crippen LogP contribution in [0.2, 0.25) is 0 Å². The number of aromatic nitrogens is 3. The molecule has 0 bridgehead atoms. The van der Waals surface area contributed by atoms with E-state index in [1.54, 1.807) is 29.9 Å². The Balaban J connectivity index is 1.15. The predicted octanol–water partition coefficient (Wildman–Crippen LogP) is 2.81. The minimum Gasteiger partial charge on any atom is -0.493 e. The molecular weight excluding hydrogens is 623 g/mol. The van der Waals surface area contributed by atoms with Gasteiger partial charge in [-0.2, -0.15) is 10.2 Å². The summed E-state index contributed by atoms with van der Waals surface area (Å²) in [7, 11) is 3.09. The average Bonchev–Trinajstić information content (AvgIpc) is 3.92. The SMILES string of the molecule is COc1cc(Cc2cnc(N)nc2N)cc(OC)c1OCCN1CCN(c2c(F)cc3c(=O)c(C(=O)O)cn(C4CC4)c3c2C#N)CC1. The van der Waals surface area contributed by atoms with Gasteiger partial charge in [0, 0.05) is 63.1 Å². The first-order chi connectivity index (χ1) is 23.1. The molecule has 0 radical (unpaired) electrons. The van der Waals surface area contributed by atoms with Crippen molar-refractivity contribution >= 4 is 34.3 Å². The number of aromatic carboxylic acids is 1. The fourth-order valence-corrected chi connectivity index (χ4v) is 6.13. The summed E-state index contributed by atoms with van der Waals surface area (Å²) >= 11 is 0. The first-order valence-electron chi connectivity index (χ1n) is 15.4. The number of carboxylic acid groups (broad SMARTS) is 1. The molecule has 1 saturated heterocycles. The number of hydrogen-bond donors (Lipinski definition) is 3. The fourth-order valence-electron chi connectivity index (χ4n) is 6.13. The Bertz CT molecular complexity index is 1970. The fraction of sp³-hybridized carbons (Fsp3) is 0.364. The highest BCUT2D eigenvalue weighted by Gasteiger charge is 2.31. The zero-order valence-electron chi connectivity index (χ0n) is 26.5. The Kier molecular flexibility index (Phi) is 8.92. The molecule has 1 saturated carbocycles. The standard InChI is InChI=1S/C33H35FN8O6/c1-46-25-12-18(11-19-16-38-33(37)39-31(19)36)13-26(47-2)30(25)48-10-9-40-5-7-41(8-6-40)28-22(15-35)27-21(14-24(28)34)29(43)23(32(44)45)17-42(27)20-3-4-20/h12-14,16-17,20H,3-11H2,1-2H3,(H,44,45)(H4,36,37,38,39). The van der Waals surface area contributed by atoms with Crippen LogP contribution in [0.25, 0.3) is 10.9 Å². The Morgan fingerprint density at radius 1 is 1.12 bits per heavy atom. The second kappa shape index (κ2) is 13.2. The zero-order valence-corrected chi connectivity index (χ0v) is 26.5. The van der Waals surface area contributed by atoms with Crippen LogP contribution in [0.15, 0.2) is 35.4 Å². The third kappa shape index (κ3) is 6.21. The van der Waals surface area contributed by atoms with E-state index >= 15 is 4.39 Å². The van der Waals surface area contributed by atoms with E-state index in [0.29, 0.717) is 74.4 Å². The van der Waals surface area contributed by atoms with Gasteiger partial charge in [-0.15, -0.1) is 0 Å². The van der Waals surface area contributed by atoms with E-state index < -0.39 is 22.8 Å². The largest absolute Gasteiger partial charge is 0.493 e. The van der Waals surface area contributed by atoms with Gasteiger partial charge in [0.05, 0.1) is 30.8 Å². The molecule has 15 heteroatoms. The van der Waals surface area contributed by atoms with Gasteiger partial charge in [0.15, 0.2) is 11.5 Å². The van der Waals surface area contributed by atoms with Gasteiger partial charge in [-0.1, -0.05) is 0 Å². The highest BCUT2D eigenvalue weighted by Crippen LogP contribution is 2.41. The molecule has 3 heterocycles. The van der Waals surface area contributed by atoms with Gasteiger partial charge in [0.2, 0.25) is 17.1 Å². The number of nitrogens with zero attached hydrogens (tertiary/aromatic N) is 6. The first-order valence-corrected chi connectivity index (χ1v) is 15.4. The van der Waals surface area contributed by atoms with Gasteiger partial charge < -0.3 is 40.3 Å². The van der Waals surface area contributed by atoms with Crippen LogP contribution in [0.4, 0.5) is 21.8 Å². The van der Waals surface area contributed by atoms with Crippen molar-refractivity contribution in [3.63, 3.8) is 0 Å². The van der Waals surface area contributed by atoms with Gasteiger partial charge in [-0.3, -0.25) is 9.69 Å². The second-order valence-corrected chi connectivity index (χ2v) is 11.7. The lowest BCUT2D eigenvalue weighted by Gasteiger charge is -2.36. The summed E-state index contributed by atoms with van der Waals surface area (Å²) in [6.07, 6.45) is 4.86.